The number of hydrogen-bond donors (Lipinski definition) is 1. The zero-order valence-corrected chi connectivity index (χ0v) is 10.1. The van der Waals surface area contributed by atoms with Gasteiger partial charge in [0.2, 0.25) is 0 Å². The van der Waals surface area contributed by atoms with Crippen LogP contribution in [0.4, 0.5) is 0 Å². The minimum absolute atomic E-state index is 0.455. The first-order valence-corrected chi connectivity index (χ1v) is 6.28. The van der Waals surface area contributed by atoms with Gasteiger partial charge in [0, 0.05) is 31.2 Å². The summed E-state index contributed by atoms with van der Waals surface area (Å²) in [5.41, 5.74) is 2.38. The molecule has 2 aromatic rings. The molecular weight excluding hydrogens is 218 g/mol. The van der Waals surface area contributed by atoms with Crippen LogP contribution in [-0.2, 0) is 13.0 Å². The molecule has 0 aromatic carbocycles. The van der Waals surface area contributed by atoms with Crippen LogP contribution in [0, 0.1) is 0 Å². The first kappa shape index (κ1) is 11.2. The van der Waals surface area contributed by atoms with Crippen molar-refractivity contribution in [3.8, 4) is 0 Å². The summed E-state index contributed by atoms with van der Waals surface area (Å²) in [6.45, 7) is 2.97. The van der Waals surface area contributed by atoms with Crippen molar-refractivity contribution in [2.24, 2.45) is 0 Å². The Kier molecular flexibility index (Phi) is 4.02. The number of nitrogens with one attached hydrogen (secondary N) is 1. The van der Waals surface area contributed by atoms with Crippen molar-refractivity contribution in [1.29, 1.82) is 0 Å². The molecule has 0 bridgehead atoms. The highest BCUT2D eigenvalue weighted by Gasteiger charge is 2.03. The highest BCUT2D eigenvalue weighted by atomic mass is 32.1. The number of aromatic nitrogens is 2. The van der Waals surface area contributed by atoms with Gasteiger partial charge in [0.15, 0.2) is 0 Å². The van der Waals surface area contributed by atoms with Gasteiger partial charge in [0.25, 0.3) is 0 Å². The van der Waals surface area contributed by atoms with E-state index in [9.17, 15) is 0 Å². The molecule has 0 aliphatic heterocycles. The third kappa shape index (κ3) is 3.40. The van der Waals surface area contributed by atoms with E-state index in [0.29, 0.717) is 6.04 Å². The Morgan fingerprint density at radius 1 is 1.44 bits per heavy atom. The van der Waals surface area contributed by atoms with Gasteiger partial charge in [0.05, 0.1) is 5.69 Å². The Morgan fingerprint density at radius 3 is 3.06 bits per heavy atom. The Morgan fingerprint density at radius 2 is 2.38 bits per heavy atom. The maximum absolute atomic E-state index is 4.22. The average molecular weight is 233 g/mol. The molecule has 2 aromatic heterocycles. The van der Waals surface area contributed by atoms with Crippen LogP contribution in [0.25, 0.3) is 0 Å². The Bertz CT molecular complexity index is 399. The van der Waals surface area contributed by atoms with Gasteiger partial charge in [0.1, 0.15) is 0 Å². The lowest BCUT2D eigenvalue weighted by Gasteiger charge is -2.12. The van der Waals surface area contributed by atoms with Crippen LogP contribution in [-0.4, -0.2) is 16.0 Å². The Balaban J connectivity index is 1.78. The molecule has 0 fully saturated rings. The molecule has 2 heterocycles. The number of hydrogen-bond acceptors (Lipinski definition) is 4. The third-order valence-corrected chi connectivity index (χ3v) is 3.10. The summed E-state index contributed by atoms with van der Waals surface area (Å²) in [7, 11) is 0. The smallest absolute Gasteiger partial charge is 0.0724 e. The van der Waals surface area contributed by atoms with Crippen molar-refractivity contribution in [1.82, 2.24) is 15.3 Å². The largest absolute Gasteiger partial charge is 0.308 e. The van der Waals surface area contributed by atoms with Gasteiger partial charge in [-0.05, 0) is 35.7 Å². The van der Waals surface area contributed by atoms with Gasteiger partial charge >= 0.3 is 0 Å². The van der Waals surface area contributed by atoms with Gasteiger partial charge in [-0.15, -0.1) is 0 Å². The first-order valence-electron chi connectivity index (χ1n) is 5.34. The second-order valence-electron chi connectivity index (χ2n) is 3.81. The fourth-order valence-electron chi connectivity index (χ4n) is 1.53. The second-order valence-corrected chi connectivity index (χ2v) is 4.59. The molecule has 84 valence electrons. The summed E-state index contributed by atoms with van der Waals surface area (Å²) in [4.78, 5) is 8.26. The fraction of sp³-hybridized carbons (Fsp3) is 0.333. The van der Waals surface area contributed by atoms with Gasteiger partial charge in [-0.25, -0.2) is 0 Å². The summed E-state index contributed by atoms with van der Waals surface area (Å²) < 4.78 is 0. The van der Waals surface area contributed by atoms with E-state index in [4.69, 9.17) is 0 Å². The van der Waals surface area contributed by atoms with Gasteiger partial charge in [-0.1, -0.05) is 0 Å². The van der Waals surface area contributed by atoms with Crippen molar-refractivity contribution in [2.45, 2.75) is 25.9 Å². The molecule has 1 N–H and O–H groups in total. The predicted molar refractivity (Wildman–Crippen MR) is 66.4 cm³/mol. The second kappa shape index (κ2) is 5.72. The maximum atomic E-state index is 4.22. The lowest BCUT2D eigenvalue weighted by Crippen LogP contribution is -2.27. The molecular formula is C12H15N3S. The zero-order valence-electron chi connectivity index (χ0n) is 9.26. The van der Waals surface area contributed by atoms with Crippen LogP contribution in [0.1, 0.15) is 18.2 Å². The molecule has 0 saturated heterocycles. The molecule has 0 saturated carbocycles. The molecule has 1 atom stereocenters. The maximum Gasteiger partial charge on any atom is 0.0724 e. The van der Waals surface area contributed by atoms with E-state index in [-0.39, 0.29) is 0 Å². The molecule has 0 amide bonds. The van der Waals surface area contributed by atoms with Gasteiger partial charge in [-0.2, -0.15) is 11.3 Å². The van der Waals surface area contributed by atoms with E-state index in [1.54, 1.807) is 29.9 Å². The summed E-state index contributed by atoms with van der Waals surface area (Å²) >= 11 is 1.75. The number of rotatable bonds is 5. The average Bonchev–Trinajstić information content (AvgIpc) is 2.81. The fourth-order valence-corrected chi connectivity index (χ4v) is 2.22. The number of thiophene rings is 1. The Hall–Kier alpha value is -1.26. The molecule has 4 heteroatoms. The predicted octanol–water partition coefficient (Wildman–Crippen LogP) is 2.26. The van der Waals surface area contributed by atoms with E-state index in [0.717, 1.165) is 18.7 Å². The standard InChI is InChI=1S/C12H15N3S/c1-10(6-11-2-5-16-9-11)15-8-12-7-13-3-4-14-12/h2-5,7,9-10,15H,6,8H2,1H3. The molecule has 1 unspecified atom stereocenters. The summed E-state index contributed by atoms with van der Waals surface area (Å²) in [5, 5.41) is 7.75. The van der Waals surface area contributed by atoms with Crippen molar-refractivity contribution in [3.63, 3.8) is 0 Å². The van der Waals surface area contributed by atoms with Crippen LogP contribution in [0.3, 0.4) is 0 Å². The van der Waals surface area contributed by atoms with Crippen LogP contribution in [0.15, 0.2) is 35.4 Å². The monoisotopic (exact) mass is 233 g/mol. The summed E-state index contributed by atoms with van der Waals surface area (Å²) in [5.74, 6) is 0. The third-order valence-electron chi connectivity index (χ3n) is 2.37. The lowest BCUT2D eigenvalue weighted by atomic mass is 10.1. The summed E-state index contributed by atoms with van der Waals surface area (Å²) in [6.07, 6.45) is 6.27. The lowest BCUT2D eigenvalue weighted by molar-refractivity contribution is 0.539. The van der Waals surface area contributed by atoms with E-state index in [1.807, 2.05) is 0 Å². The molecule has 2 rings (SSSR count). The molecule has 0 spiro atoms. The van der Waals surface area contributed by atoms with Gasteiger partial charge in [-0.3, -0.25) is 9.97 Å². The normalized spacial score (nSPS) is 12.6. The van der Waals surface area contributed by atoms with Crippen molar-refractivity contribution >= 4 is 11.3 Å². The molecule has 0 aliphatic carbocycles. The van der Waals surface area contributed by atoms with Crippen LogP contribution < -0.4 is 5.32 Å². The molecule has 16 heavy (non-hydrogen) atoms. The molecule has 3 nitrogen and oxygen atoms in total. The van der Waals surface area contributed by atoms with Gasteiger partial charge < -0.3 is 5.32 Å². The van der Waals surface area contributed by atoms with Crippen molar-refractivity contribution < 1.29 is 0 Å². The van der Waals surface area contributed by atoms with E-state index >= 15 is 0 Å². The number of nitrogens with zero attached hydrogens (tertiary/aromatic N) is 2. The summed E-state index contributed by atoms with van der Waals surface area (Å²) in [6, 6.07) is 2.63. The zero-order chi connectivity index (χ0) is 11.2. The Labute approximate surface area is 99.6 Å². The highest BCUT2D eigenvalue weighted by Crippen LogP contribution is 2.08. The van der Waals surface area contributed by atoms with Crippen LogP contribution in [0.5, 0.6) is 0 Å². The minimum atomic E-state index is 0.455. The van der Waals surface area contributed by atoms with E-state index in [2.05, 4.69) is 39.0 Å². The van der Waals surface area contributed by atoms with Crippen LogP contribution >= 0.6 is 11.3 Å². The SMILES string of the molecule is CC(Cc1ccsc1)NCc1cnccn1. The van der Waals surface area contributed by atoms with Crippen molar-refractivity contribution in [2.75, 3.05) is 0 Å². The highest BCUT2D eigenvalue weighted by molar-refractivity contribution is 7.07. The molecule has 0 aliphatic rings. The molecule has 0 radical (unpaired) electrons. The van der Waals surface area contributed by atoms with E-state index < -0.39 is 0 Å². The van der Waals surface area contributed by atoms with Crippen molar-refractivity contribution in [3.05, 3.63) is 46.7 Å². The minimum Gasteiger partial charge on any atom is -0.308 e. The van der Waals surface area contributed by atoms with Crippen LogP contribution in [0.2, 0.25) is 0 Å². The van der Waals surface area contributed by atoms with E-state index in [1.165, 1.54) is 5.56 Å². The quantitative estimate of drug-likeness (QED) is 0.860. The first-order chi connectivity index (χ1) is 7.84. The topological polar surface area (TPSA) is 37.8 Å².